The number of methoxy groups -OCH3 is 2. The molecule has 4 aromatic rings. The number of rotatable bonds is 9. The number of likely N-dealkylation sites (tertiary alicyclic amines) is 1. The number of pyridine rings is 1. The van der Waals surface area contributed by atoms with E-state index in [0.29, 0.717) is 29.8 Å². The number of benzene rings is 3. The van der Waals surface area contributed by atoms with Crippen molar-refractivity contribution in [2.45, 2.75) is 48.9 Å². The number of hydrogen-bond donors (Lipinski definition) is 3. The van der Waals surface area contributed by atoms with Gasteiger partial charge in [-0.2, -0.15) is 0 Å². The summed E-state index contributed by atoms with van der Waals surface area (Å²) in [5.41, 5.74) is 6.90. The SMILES string of the molecule is COC(=O)Nc1ccc(S(=O)(=O)C(C)C)c([C@H]2CCCN2C(=O)[C@H](Nc2cc3ccccc3c(N)n2)c2cc(OC)ccc2F)c1. The summed E-state index contributed by atoms with van der Waals surface area (Å²) in [6.45, 7) is 3.42. The molecule has 5 rings (SSSR count). The number of hydrogen-bond acceptors (Lipinski definition) is 9. The molecular weight excluding hydrogens is 613 g/mol. The maximum Gasteiger partial charge on any atom is 0.411 e. The topological polar surface area (TPSA) is 153 Å². The summed E-state index contributed by atoms with van der Waals surface area (Å²) in [7, 11) is -1.15. The van der Waals surface area contributed by atoms with Gasteiger partial charge in [0.05, 0.1) is 30.4 Å². The number of aromatic nitrogens is 1. The van der Waals surface area contributed by atoms with E-state index < -0.39 is 45.0 Å². The van der Waals surface area contributed by atoms with E-state index >= 15 is 4.39 Å². The van der Waals surface area contributed by atoms with Crippen LogP contribution < -0.4 is 21.1 Å². The maximum atomic E-state index is 15.5. The summed E-state index contributed by atoms with van der Waals surface area (Å²) in [5, 5.41) is 6.43. The van der Waals surface area contributed by atoms with Crippen LogP contribution in [0.15, 0.2) is 71.6 Å². The number of sulfone groups is 1. The van der Waals surface area contributed by atoms with Crippen molar-refractivity contribution in [3.05, 3.63) is 83.7 Å². The van der Waals surface area contributed by atoms with E-state index in [2.05, 4.69) is 15.6 Å². The Hall–Kier alpha value is -4.91. The minimum atomic E-state index is -3.81. The lowest BCUT2D eigenvalue weighted by Crippen LogP contribution is -2.38. The molecule has 1 saturated heterocycles. The third kappa shape index (κ3) is 6.41. The van der Waals surface area contributed by atoms with Crippen LogP contribution in [-0.2, 0) is 19.4 Å². The van der Waals surface area contributed by atoms with E-state index in [-0.39, 0.29) is 28.6 Å². The second-order valence-electron chi connectivity index (χ2n) is 11.2. The highest BCUT2D eigenvalue weighted by Crippen LogP contribution is 2.40. The van der Waals surface area contributed by atoms with Crippen LogP contribution in [0.5, 0.6) is 5.75 Å². The molecule has 0 unspecified atom stereocenters. The Balaban J connectivity index is 1.61. The van der Waals surface area contributed by atoms with Gasteiger partial charge in [-0.3, -0.25) is 10.1 Å². The number of anilines is 3. The van der Waals surface area contributed by atoms with Crippen LogP contribution in [0, 0.1) is 5.82 Å². The molecule has 2 atom stereocenters. The van der Waals surface area contributed by atoms with E-state index in [1.54, 1.807) is 26.0 Å². The number of halogens is 1. The molecule has 2 heterocycles. The van der Waals surface area contributed by atoms with Crippen LogP contribution in [0.25, 0.3) is 10.8 Å². The summed E-state index contributed by atoms with van der Waals surface area (Å²) >= 11 is 0. The van der Waals surface area contributed by atoms with Crippen LogP contribution in [0.3, 0.4) is 0 Å². The molecule has 0 radical (unpaired) electrons. The number of fused-ring (bicyclic) bond motifs is 1. The predicted octanol–water partition coefficient (Wildman–Crippen LogP) is 5.84. The summed E-state index contributed by atoms with van der Waals surface area (Å²) in [6.07, 6.45) is 0.258. The molecule has 1 aliphatic rings. The fraction of sp³-hybridized carbons (Fsp3) is 0.303. The molecule has 11 nitrogen and oxygen atoms in total. The summed E-state index contributed by atoms with van der Waals surface area (Å²) in [5.74, 6) is -0.340. The van der Waals surface area contributed by atoms with Crippen molar-refractivity contribution in [3.63, 3.8) is 0 Å². The number of nitrogens with zero attached hydrogens (tertiary/aromatic N) is 2. The van der Waals surface area contributed by atoms with Gasteiger partial charge in [0.15, 0.2) is 9.84 Å². The van der Waals surface area contributed by atoms with E-state index in [9.17, 15) is 18.0 Å². The maximum absolute atomic E-state index is 15.5. The van der Waals surface area contributed by atoms with Crippen molar-refractivity contribution in [1.82, 2.24) is 9.88 Å². The zero-order chi connectivity index (χ0) is 33.2. The quantitative estimate of drug-likeness (QED) is 0.203. The fourth-order valence-corrected chi connectivity index (χ4v) is 6.97. The van der Waals surface area contributed by atoms with Gasteiger partial charge in [0.2, 0.25) is 5.91 Å². The third-order valence-corrected chi connectivity index (χ3v) is 10.3. The first-order chi connectivity index (χ1) is 21.9. The second-order valence-corrected chi connectivity index (χ2v) is 13.7. The Morgan fingerprint density at radius 3 is 2.54 bits per heavy atom. The molecule has 242 valence electrons. The third-order valence-electron chi connectivity index (χ3n) is 8.09. The molecule has 1 aliphatic heterocycles. The average molecular weight is 650 g/mol. The van der Waals surface area contributed by atoms with E-state index in [4.69, 9.17) is 15.2 Å². The number of nitrogen functional groups attached to an aromatic ring is 1. The Labute approximate surface area is 266 Å². The number of amides is 2. The second kappa shape index (κ2) is 13.2. The molecular formula is C33H36FN5O6S. The summed E-state index contributed by atoms with van der Waals surface area (Å²) in [4.78, 5) is 32.6. The van der Waals surface area contributed by atoms with Crippen molar-refractivity contribution in [2.24, 2.45) is 0 Å². The molecule has 0 bridgehead atoms. The fourth-order valence-electron chi connectivity index (χ4n) is 5.68. The molecule has 4 N–H and O–H groups in total. The first kappa shape index (κ1) is 32.5. The van der Waals surface area contributed by atoms with Crippen LogP contribution in [0.1, 0.15) is 49.9 Å². The smallest absolute Gasteiger partial charge is 0.411 e. The standard InChI is InChI=1S/C33H36FN5O6S/c1-19(2)46(42,43)28-14-11-21(36-33(41)45-4)17-25(28)27-10-7-15-39(27)32(40)30(24-18-22(44-3)12-13-26(24)34)37-29-16-20-8-5-6-9-23(20)31(35)38-29/h5-6,8-9,11-14,16-19,27,30H,7,10,15H2,1-4H3,(H,36,41)(H3,35,37,38)/t27-,30-/m1/s1. The highest BCUT2D eigenvalue weighted by Gasteiger charge is 2.39. The average Bonchev–Trinajstić information content (AvgIpc) is 3.53. The minimum Gasteiger partial charge on any atom is -0.497 e. The van der Waals surface area contributed by atoms with E-state index in [1.807, 2.05) is 24.3 Å². The normalized spacial score (nSPS) is 15.5. The van der Waals surface area contributed by atoms with Gasteiger partial charge in [0.1, 0.15) is 29.2 Å². The Morgan fingerprint density at radius 2 is 1.83 bits per heavy atom. The molecule has 46 heavy (non-hydrogen) atoms. The Kier molecular flexibility index (Phi) is 9.33. The summed E-state index contributed by atoms with van der Waals surface area (Å²) in [6, 6.07) is 15.6. The van der Waals surface area contributed by atoms with Crippen molar-refractivity contribution in [1.29, 1.82) is 0 Å². The van der Waals surface area contributed by atoms with Gasteiger partial charge in [-0.05, 0) is 80.1 Å². The van der Waals surface area contributed by atoms with Crippen LogP contribution in [0.2, 0.25) is 0 Å². The predicted molar refractivity (Wildman–Crippen MR) is 174 cm³/mol. The number of carbonyl (C=O) groups is 2. The van der Waals surface area contributed by atoms with Gasteiger partial charge in [-0.1, -0.05) is 24.3 Å². The first-order valence-electron chi connectivity index (χ1n) is 14.7. The minimum absolute atomic E-state index is 0.0136. The Morgan fingerprint density at radius 1 is 1.07 bits per heavy atom. The number of carbonyl (C=O) groups excluding carboxylic acids is 2. The van der Waals surface area contributed by atoms with Gasteiger partial charge in [0, 0.05) is 23.2 Å². The van der Waals surface area contributed by atoms with Crippen LogP contribution >= 0.6 is 0 Å². The highest BCUT2D eigenvalue weighted by molar-refractivity contribution is 7.92. The monoisotopic (exact) mass is 649 g/mol. The van der Waals surface area contributed by atoms with Crippen molar-refractivity contribution in [3.8, 4) is 5.75 Å². The Bertz CT molecular complexity index is 1900. The van der Waals surface area contributed by atoms with Gasteiger partial charge in [0.25, 0.3) is 0 Å². The lowest BCUT2D eigenvalue weighted by atomic mass is 10.0. The van der Waals surface area contributed by atoms with Gasteiger partial charge in [-0.15, -0.1) is 0 Å². The molecule has 2 amide bonds. The van der Waals surface area contributed by atoms with Gasteiger partial charge in [-0.25, -0.2) is 22.6 Å². The largest absolute Gasteiger partial charge is 0.497 e. The lowest BCUT2D eigenvalue weighted by Gasteiger charge is -2.31. The molecule has 0 saturated carbocycles. The van der Waals surface area contributed by atoms with Crippen molar-refractivity contribution < 1.29 is 31.9 Å². The molecule has 3 aromatic carbocycles. The zero-order valence-electron chi connectivity index (χ0n) is 25.9. The van der Waals surface area contributed by atoms with Crippen molar-refractivity contribution in [2.75, 3.05) is 37.1 Å². The molecule has 1 fully saturated rings. The van der Waals surface area contributed by atoms with E-state index in [0.717, 1.165) is 10.8 Å². The first-order valence-corrected chi connectivity index (χ1v) is 16.3. The molecule has 13 heteroatoms. The highest BCUT2D eigenvalue weighted by atomic mass is 32.2. The zero-order valence-corrected chi connectivity index (χ0v) is 26.7. The number of ether oxygens (including phenoxy) is 2. The molecule has 1 aromatic heterocycles. The lowest BCUT2D eigenvalue weighted by molar-refractivity contribution is -0.133. The number of nitrogens with two attached hydrogens (primary N) is 1. The van der Waals surface area contributed by atoms with E-state index in [1.165, 1.54) is 49.5 Å². The van der Waals surface area contributed by atoms with Crippen LogP contribution in [0.4, 0.5) is 26.5 Å². The molecule has 0 spiro atoms. The summed E-state index contributed by atoms with van der Waals surface area (Å²) < 4.78 is 52.6. The van der Waals surface area contributed by atoms with Gasteiger partial charge >= 0.3 is 6.09 Å². The van der Waals surface area contributed by atoms with Crippen molar-refractivity contribution >= 4 is 49.9 Å². The van der Waals surface area contributed by atoms with Crippen LogP contribution in [-0.4, -0.2) is 56.3 Å². The molecule has 0 aliphatic carbocycles. The van der Waals surface area contributed by atoms with Gasteiger partial charge < -0.3 is 25.4 Å². The number of nitrogens with one attached hydrogen (secondary N) is 2.